The van der Waals surface area contributed by atoms with Crippen LogP contribution in [0.5, 0.6) is 0 Å². The maximum absolute atomic E-state index is 12.5. The van der Waals surface area contributed by atoms with Crippen LogP contribution < -0.4 is 16.0 Å². The first-order chi connectivity index (χ1) is 13.7. The van der Waals surface area contributed by atoms with Crippen molar-refractivity contribution < 1.29 is 9.59 Å². The van der Waals surface area contributed by atoms with Crippen molar-refractivity contribution in [3.8, 4) is 0 Å². The summed E-state index contributed by atoms with van der Waals surface area (Å²) in [6, 6.07) is 16.9. The standard InChI is InChI=1S/C23H32N4O2/c1-17-11-13-19(14-12-17)21(28)26-23(2,3)16-24-22(29)25-20(15-27(4)5)18-9-7-6-8-10-18/h6-14,20H,15-16H2,1-5H3,(H,26,28)(H2,24,25,29)/t20-/m1/s1. The second-order valence-corrected chi connectivity index (χ2v) is 8.26. The Kier molecular flexibility index (Phi) is 7.79. The Bertz CT molecular complexity index is 801. The number of aryl methyl sites for hydroxylation is 1. The zero-order valence-corrected chi connectivity index (χ0v) is 18.0. The fraction of sp³-hybridized carbons (Fsp3) is 0.391. The summed E-state index contributed by atoms with van der Waals surface area (Å²) in [6.07, 6.45) is 0. The van der Waals surface area contributed by atoms with E-state index < -0.39 is 5.54 Å². The molecule has 0 aliphatic carbocycles. The Morgan fingerprint density at radius 3 is 2.21 bits per heavy atom. The zero-order chi connectivity index (χ0) is 21.4. The lowest BCUT2D eigenvalue weighted by Crippen LogP contribution is -2.53. The molecule has 0 saturated carbocycles. The number of hydrogen-bond acceptors (Lipinski definition) is 3. The van der Waals surface area contributed by atoms with Gasteiger partial charge in [-0.2, -0.15) is 0 Å². The van der Waals surface area contributed by atoms with Gasteiger partial charge in [-0.05, 0) is 52.6 Å². The fourth-order valence-corrected chi connectivity index (χ4v) is 2.92. The van der Waals surface area contributed by atoms with Crippen LogP contribution in [0.3, 0.4) is 0 Å². The highest BCUT2D eigenvalue weighted by molar-refractivity contribution is 5.94. The van der Waals surface area contributed by atoms with Crippen molar-refractivity contribution >= 4 is 11.9 Å². The smallest absolute Gasteiger partial charge is 0.315 e. The number of hydrogen-bond donors (Lipinski definition) is 3. The Hall–Kier alpha value is -2.86. The zero-order valence-electron chi connectivity index (χ0n) is 18.0. The van der Waals surface area contributed by atoms with Gasteiger partial charge in [-0.25, -0.2) is 4.79 Å². The summed E-state index contributed by atoms with van der Waals surface area (Å²) in [5, 5.41) is 8.88. The second kappa shape index (κ2) is 10.1. The molecule has 2 aromatic rings. The third-order valence-electron chi connectivity index (χ3n) is 4.51. The molecule has 6 nitrogen and oxygen atoms in total. The van der Waals surface area contributed by atoms with Crippen LogP contribution in [-0.2, 0) is 0 Å². The van der Waals surface area contributed by atoms with E-state index >= 15 is 0 Å². The van der Waals surface area contributed by atoms with Crippen LogP contribution in [-0.4, -0.2) is 49.6 Å². The number of carbonyl (C=O) groups excluding carboxylic acids is 2. The molecule has 3 amide bonds. The van der Waals surface area contributed by atoms with Gasteiger partial charge in [0, 0.05) is 18.7 Å². The van der Waals surface area contributed by atoms with E-state index in [1.54, 1.807) is 12.1 Å². The first kappa shape index (κ1) is 22.4. The Balaban J connectivity index is 1.91. The quantitative estimate of drug-likeness (QED) is 0.642. The molecule has 0 aliphatic heterocycles. The number of likely N-dealkylation sites (N-methyl/N-ethyl adjacent to an activating group) is 1. The topological polar surface area (TPSA) is 73.5 Å². The summed E-state index contributed by atoms with van der Waals surface area (Å²) in [6.45, 7) is 6.74. The number of urea groups is 1. The van der Waals surface area contributed by atoms with E-state index in [1.165, 1.54) is 0 Å². The maximum atomic E-state index is 12.5. The van der Waals surface area contributed by atoms with E-state index in [-0.39, 0.29) is 18.0 Å². The Labute approximate surface area is 173 Å². The van der Waals surface area contributed by atoms with Crippen LogP contribution in [0.25, 0.3) is 0 Å². The van der Waals surface area contributed by atoms with Crippen LogP contribution in [0.1, 0.15) is 41.4 Å². The molecule has 0 bridgehead atoms. The van der Waals surface area contributed by atoms with Crippen molar-refractivity contribution in [2.24, 2.45) is 0 Å². The molecule has 0 spiro atoms. The molecule has 0 radical (unpaired) electrons. The van der Waals surface area contributed by atoms with Gasteiger partial charge in [0.25, 0.3) is 5.91 Å². The average molecular weight is 397 g/mol. The number of nitrogens with one attached hydrogen (secondary N) is 3. The third-order valence-corrected chi connectivity index (χ3v) is 4.51. The summed E-state index contributed by atoms with van der Waals surface area (Å²) in [5.74, 6) is -0.160. The van der Waals surface area contributed by atoms with Crippen molar-refractivity contribution in [3.05, 3.63) is 71.3 Å². The van der Waals surface area contributed by atoms with Crippen LogP contribution in [0.2, 0.25) is 0 Å². The summed E-state index contributed by atoms with van der Waals surface area (Å²) >= 11 is 0. The number of rotatable bonds is 8. The normalized spacial score (nSPS) is 12.3. The lowest BCUT2D eigenvalue weighted by atomic mass is 10.0. The van der Waals surface area contributed by atoms with Crippen LogP contribution in [0.15, 0.2) is 54.6 Å². The van der Waals surface area contributed by atoms with Crippen molar-refractivity contribution in [1.29, 1.82) is 0 Å². The molecule has 0 aromatic heterocycles. The van der Waals surface area contributed by atoms with Gasteiger partial charge >= 0.3 is 6.03 Å². The first-order valence-electron chi connectivity index (χ1n) is 9.79. The molecule has 0 fully saturated rings. The minimum Gasteiger partial charge on any atom is -0.345 e. The minimum atomic E-state index is -0.594. The first-order valence-corrected chi connectivity index (χ1v) is 9.79. The molecule has 0 aliphatic rings. The lowest BCUT2D eigenvalue weighted by molar-refractivity contribution is 0.0912. The molecule has 0 unspecified atom stereocenters. The highest BCUT2D eigenvalue weighted by Crippen LogP contribution is 2.13. The van der Waals surface area contributed by atoms with Gasteiger partial charge in [-0.1, -0.05) is 48.0 Å². The molecule has 3 N–H and O–H groups in total. The van der Waals surface area contributed by atoms with E-state index in [1.807, 2.05) is 82.2 Å². The summed E-state index contributed by atoms with van der Waals surface area (Å²) < 4.78 is 0. The summed E-state index contributed by atoms with van der Waals surface area (Å²) in [4.78, 5) is 27.0. The highest BCUT2D eigenvalue weighted by atomic mass is 16.2. The Morgan fingerprint density at radius 1 is 1.00 bits per heavy atom. The molecule has 2 rings (SSSR count). The Morgan fingerprint density at radius 2 is 1.62 bits per heavy atom. The van der Waals surface area contributed by atoms with Crippen molar-refractivity contribution in [1.82, 2.24) is 20.9 Å². The number of amides is 3. The molecule has 1 atom stereocenters. The SMILES string of the molecule is Cc1ccc(C(=O)NC(C)(C)CNC(=O)N[C@H](CN(C)C)c2ccccc2)cc1. The number of nitrogens with zero attached hydrogens (tertiary/aromatic N) is 1. The van der Waals surface area contributed by atoms with E-state index in [0.717, 1.165) is 11.1 Å². The number of benzene rings is 2. The fourth-order valence-electron chi connectivity index (χ4n) is 2.92. The van der Waals surface area contributed by atoms with E-state index in [4.69, 9.17) is 0 Å². The molecule has 6 heteroatoms. The monoisotopic (exact) mass is 396 g/mol. The molecule has 2 aromatic carbocycles. The molecular weight excluding hydrogens is 364 g/mol. The lowest BCUT2D eigenvalue weighted by Gasteiger charge is -2.28. The maximum Gasteiger partial charge on any atom is 0.315 e. The van der Waals surface area contributed by atoms with Crippen molar-refractivity contribution in [3.63, 3.8) is 0 Å². The molecule has 156 valence electrons. The predicted molar refractivity (Wildman–Crippen MR) is 117 cm³/mol. The van der Waals surface area contributed by atoms with Gasteiger partial charge in [0.1, 0.15) is 0 Å². The largest absolute Gasteiger partial charge is 0.345 e. The van der Waals surface area contributed by atoms with Crippen LogP contribution in [0.4, 0.5) is 4.79 Å². The molecule has 0 heterocycles. The molecule has 29 heavy (non-hydrogen) atoms. The summed E-state index contributed by atoms with van der Waals surface area (Å²) in [7, 11) is 3.94. The van der Waals surface area contributed by atoms with E-state index in [0.29, 0.717) is 18.7 Å². The highest BCUT2D eigenvalue weighted by Gasteiger charge is 2.23. The van der Waals surface area contributed by atoms with Crippen LogP contribution in [0, 0.1) is 6.92 Å². The molecular formula is C23H32N4O2. The van der Waals surface area contributed by atoms with Gasteiger partial charge < -0.3 is 20.9 Å². The summed E-state index contributed by atoms with van der Waals surface area (Å²) in [5.41, 5.74) is 2.15. The molecule has 0 saturated heterocycles. The second-order valence-electron chi connectivity index (χ2n) is 8.26. The van der Waals surface area contributed by atoms with Gasteiger partial charge in [0.15, 0.2) is 0 Å². The third kappa shape index (κ3) is 7.58. The minimum absolute atomic E-state index is 0.128. The average Bonchev–Trinajstić information content (AvgIpc) is 2.66. The van der Waals surface area contributed by atoms with Crippen molar-refractivity contribution in [2.45, 2.75) is 32.4 Å². The van der Waals surface area contributed by atoms with Gasteiger partial charge in [-0.15, -0.1) is 0 Å². The van der Waals surface area contributed by atoms with E-state index in [9.17, 15) is 9.59 Å². The van der Waals surface area contributed by atoms with Gasteiger partial charge in [-0.3, -0.25) is 4.79 Å². The van der Waals surface area contributed by atoms with Gasteiger partial charge in [0.05, 0.1) is 11.6 Å². The van der Waals surface area contributed by atoms with E-state index in [2.05, 4.69) is 16.0 Å². The van der Waals surface area contributed by atoms with Crippen molar-refractivity contribution in [2.75, 3.05) is 27.2 Å². The predicted octanol–water partition coefficient (Wildman–Crippen LogP) is 3.11. The number of carbonyl (C=O) groups is 2. The van der Waals surface area contributed by atoms with Crippen LogP contribution >= 0.6 is 0 Å². The van der Waals surface area contributed by atoms with Gasteiger partial charge in [0.2, 0.25) is 0 Å².